The van der Waals surface area contributed by atoms with Crippen molar-refractivity contribution >= 4 is 29.5 Å². The molecule has 34 N–H and O–H groups in total. The summed E-state index contributed by atoms with van der Waals surface area (Å²) in [6, 6.07) is -9.76. The summed E-state index contributed by atoms with van der Waals surface area (Å²) in [5.41, 5.74) is 0. The maximum absolute atomic E-state index is 13.5. The predicted octanol–water partition coefficient (Wildman–Crippen LogP) is -23.2. The summed E-state index contributed by atoms with van der Waals surface area (Å²) in [6.45, 7) is -5.64. The minimum atomic E-state index is -2.74. The van der Waals surface area contributed by atoms with Crippen LogP contribution in [0, 0.1) is 0 Å². The molecule has 55 atom stereocenters. The van der Waals surface area contributed by atoms with E-state index in [1.165, 1.54) is 6.92 Å². The first-order chi connectivity index (χ1) is 64.3. The molecule has 0 aliphatic carbocycles. The number of hydrogen-bond donors (Lipinski definition) is 34. The Morgan fingerprint density at radius 1 is 0.206 bits per heavy atom. The van der Waals surface area contributed by atoms with E-state index in [2.05, 4.69) is 26.6 Å². The Kier molecular flexibility index (Phi) is 40.1. The summed E-state index contributed by atoms with van der Waals surface area (Å²) in [5.74, 6) is -4.81. The van der Waals surface area contributed by atoms with Crippen LogP contribution >= 0.6 is 0 Å². The number of carbonyl (C=O) groups excluding carboxylic acids is 5. The zero-order valence-electron chi connectivity index (χ0n) is 73.4. The summed E-state index contributed by atoms with van der Waals surface area (Å²) in [6.07, 6.45) is -107. The number of carbonyl (C=O) groups is 5. The molecule has 0 aromatic rings. The molecular formula is C76H127N5O55. The summed E-state index contributed by atoms with van der Waals surface area (Å²) in [7, 11) is 0. The highest BCUT2D eigenvalue weighted by molar-refractivity contribution is 5.75. The van der Waals surface area contributed by atoms with E-state index >= 15 is 0 Å². The minimum absolute atomic E-state index is 0.859. The fraction of sp³-hybridized carbons (Fsp3) is 0.934. The average Bonchev–Trinajstić information content (AvgIpc) is 0.750. The summed E-state index contributed by atoms with van der Waals surface area (Å²) < 4.78 is 126. The Morgan fingerprint density at radius 3 is 0.882 bits per heavy atom. The molecule has 0 saturated carbocycles. The summed E-state index contributed by atoms with van der Waals surface area (Å²) in [4.78, 5) is 64.9. The van der Waals surface area contributed by atoms with E-state index in [1.54, 1.807) is 0 Å². The molecule has 136 heavy (non-hydrogen) atoms. The van der Waals surface area contributed by atoms with Crippen LogP contribution in [0.4, 0.5) is 0 Å². The highest BCUT2D eigenvalue weighted by Gasteiger charge is 2.63. The van der Waals surface area contributed by atoms with Gasteiger partial charge in [0, 0.05) is 34.6 Å². The normalized spacial score (nSPS) is 49.2. The molecule has 60 nitrogen and oxygen atoms in total. The van der Waals surface area contributed by atoms with E-state index in [0.29, 0.717) is 0 Å². The van der Waals surface area contributed by atoms with Crippen molar-refractivity contribution in [3.63, 3.8) is 0 Å². The molecule has 0 aromatic carbocycles. The lowest BCUT2D eigenvalue weighted by Gasteiger charge is -2.52. The van der Waals surface area contributed by atoms with E-state index < -0.39 is 433 Å². The van der Waals surface area contributed by atoms with Crippen molar-refractivity contribution in [2.24, 2.45) is 0 Å². The smallest absolute Gasteiger partial charge is 0.217 e. The van der Waals surface area contributed by atoms with Crippen molar-refractivity contribution in [3.8, 4) is 0 Å². The van der Waals surface area contributed by atoms with Gasteiger partial charge in [-0.1, -0.05) is 0 Å². The number of amides is 5. The van der Waals surface area contributed by atoms with Crippen molar-refractivity contribution in [1.29, 1.82) is 0 Å². The Bertz CT molecular complexity index is 3760. The number of hydrogen-bond acceptors (Lipinski definition) is 55. The SMILES string of the molecule is CC(=O)N[C@@H]1[C@H](O[C@@H]2[C@@H](O[C@@H]3[C@H](O)[C@H](O[C@H]4[C@H](O)[C@@H](NC(C)=O)[C@H](O[C@H]5[C@H](O)[C@@H](NC(C)=O)[C@H](O)O[C@@H]5CO[C@@H]5O[C@@H](C)[C@@H](O)[C@@H](O)[C@@H]5O)O[C@@H]4CO)O[C@H](CO[C@H]4O[C@H](CO)[C@@H](O)[C@H](O)[C@@H]4O[C@@H]4O[C@H](CO)[C@@H](O)[C@H](O)[C@H]4NC(C)=O)[C@H]3O)O[C@H](CO)[C@@H](O[C@@H]3O[C@H](CO)[C@@H](O)[C@H](O)[C@H]3NC(C)=O)[C@@H]2O)O[C@H](CO)[C@@H](O[C@@H]2O[C@H](CO)[C@H](O)[C@H](O[C@H]3O[C@H](CO)[C@H](O)[C@H](O)[C@H]3O)[C@H]2O)[C@@H]1O. The molecule has 11 heterocycles. The molecule has 5 amide bonds. The van der Waals surface area contributed by atoms with Crippen LogP contribution < -0.4 is 26.6 Å². The van der Waals surface area contributed by atoms with Crippen molar-refractivity contribution < 1.29 is 272 Å². The van der Waals surface area contributed by atoms with Crippen LogP contribution in [0.25, 0.3) is 0 Å². The van der Waals surface area contributed by atoms with Crippen LogP contribution in [-0.2, 0) is 123 Å². The van der Waals surface area contributed by atoms with Gasteiger partial charge in [-0.05, 0) is 6.92 Å². The third-order valence-corrected chi connectivity index (χ3v) is 24.9. The fourth-order valence-electron chi connectivity index (χ4n) is 17.7. The number of nitrogens with one attached hydrogen (secondary N) is 5. The van der Waals surface area contributed by atoms with Gasteiger partial charge in [-0.2, -0.15) is 0 Å². The van der Waals surface area contributed by atoms with Crippen LogP contribution in [-0.4, -0.2) is 581 Å². The van der Waals surface area contributed by atoms with Gasteiger partial charge in [0.05, 0.1) is 72.2 Å². The Hall–Kier alpha value is -4.65. The summed E-state index contributed by atoms with van der Waals surface area (Å²) in [5, 5.41) is 340. The number of rotatable bonds is 35. The molecule has 11 aliphatic heterocycles. The molecular weight excluding hydrogens is 1860 g/mol. The molecule has 11 saturated heterocycles. The Labute approximate surface area is 770 Å². The van der Waals surface area contributed by atoms with E-state index in [1.807, 2.05) is 0 Å². The second-order valence-corrected chi connectivity index (χ2v) is 34.5. The molecule has 0 radical (unpaired) electrons. The highest BCUT2D eigenvalue weighted by Crippen LogP contribution is 2.42. The monoisotopic (exact) mass is 1990 g/mol. The number of aliphatic hydroxyl groups excluding tert-OH is 29. The van der Waals surface area contributed by atoms with Gasteiger partial charge in [0.15, 0.2) is 69.2 Å². The van der Waals surface area contributed by atoms with E-state index in [4.69, 9.17) is 99.5 Å². The zero-order valence-corrected chi connectivity index (χ0v) is 73.4. The third-order valence-electron chi connectivity index (χ3n) is 24.9. The van der Waals surface area contributed by atoms with Crippen molar-refractivity contribution in [2.45, 2.75) is 379 Å². The van der Waals surface area contributed by atoms with Gasteiger partial charge in [-0.25, -0.2) is 0 Å². The Balaban J connectivity index is 0.972. The van der Waals surface area contributed by atoms with Crippen molar-refractivity contribution in [2.75, 3.05) is 66.1 Å². The lowest BCUT2D eigenvalue weighted by Crippen LogP contribution is -2.71. The average molecular weight is 1990 g/mol. The van der Waals surface area contributed by atoms with Gasteiger partial charge in [0.25, 0.3) is 0 Å². The summed E-state index contributed by atoms with van der Waals surface area (Å²) >= 11 is 0. The largest absolute Gasteiger partial charge is 0.394 e. The maximum atomic E-state index is 13.5. The molecule has 0 unspecified atom stereocenters. The molecule has 11 aliphatic rings. The number of ether oxygens (including phenoxy) is 21. The molecule has 0 bridgehead atoms. The van der Waals surface area contributed by atoms with Gasteiger partial charge in [-0.3, -0.25) is 24.0 Å². The van der Waals surface area contributed by atoms with Crippen LogP contribution in [0.15, 0.2) is 0 Å². The Morgan fingerprint density at radius 2 is 0.463 bits per heavy atom. The highest BCUT2D eigenvalue weighted by atomic mass is 16.8. The lowest BCUT2D eigenvalue weighted by atomic mass is 9.93. The minimum Gasteiger partial charge on any atom is -0.394 e. The van der Waals surface area contributed by atoms with Gasteiger partial charge in [-0.15, -0.1) is 0 Å². The third kappa shape index (κ3) is 24.8. The first kappa shape index (κ1) is 112. The van der Waals surface area contributed by atoms with Gasteiger partial charge >= 0.3 is 0 Å². The van der Waals surface area contributed by atoms with Crippen molar-refractivity contribution in [3.05, 3.63) is 0 Å². The molecule has 0 spiro atoms. The molecule has 60 heteroatoms. The molecule has 786 valence electrons. The zero-order chi connectivity index (χ0) is 100. The van der Waals surface area contributed by atoms with E-state index in [0.717, 1.165) is 34.6 Å². The van der Waals surface area contributed by atoms with Crippen LogP contribution in [0.3, 0.4) is 0 Å². The first-order valence-corrected chi connectivity index (χ1v) is 43.5. The van der Waals surface area contributed by atoms with Gasteiger partial charge in [0.1, 0.15) is 262 Å². The standard InChI is InChI=1S/C76H127N5O55/c1-17-38(95)50(107)53(110)71(118-17)116-16-32-61(47(104)33(66(115)119-32)77-18(2)90)130-69-36(80-21(5)93)48(105)59(28(12-87)125-69)132-74-57(114)63(44(101)31(128-74)15-117-75-64(52(109)42(99)26(10-85)124-75)135-68-35(79-20(4)92)46(103)40(97)24(8-83)121-68)134-76-65(55(112)60(30(14-89)127-76)129-67-34(78-19(3)91)45(102)39(96)23(7-82)120-67)136-70-37(81-22(6)94)49(106)58(29(13-88)126-70)131-73-56(113)62(43(100)27(11-86)123-73)133-72-54(111)51(108)41(98)25(9-84)122-72/h17,23-76,82-89,95-115H,7-16H2,1-6H3,(H,77,90)(H,78,91)(H,79,92)(H,80,93)(H,81,94)/t17-,23+,24+,25+,26+,27+,28+,29+,30+,31+,32+,33+,34+,35+,36+,37-,38+,39+,40+,41-,42+,43-,44+,45+,46+,47+,48+,49+,50+,51-,52-,53-,54+,55-,56+,57-,58+,59+,60+,61+,62-,63-,64-,65-,66+,67-,68-,69-,70-,71+,72+,73-,74-,75-,76+/m0/s1. The van der Waals surface area contributed by atoms with Crippen LogP contribution in [0.5, 0.6) is 0 Å². The van der Waals surface area contributed by atoms with Gasteiger partial charge < -0.3 is 274 Å². The topological polar surface area (TPSA) is 926 Å². The quantitative estimate of drug-likeness (QED) is 0.0280. The second kappa shape index (κ2) is 48.8. The molecule has 11 fully saturated rings. The first-order valence-electron chi connectivity index (χ1n) is 43.5. The van der Waals surface area contributed by atoms with E-state index in [9.17, 15) is 172 Å². The van der Waals surface area contributed by atoms with Crippen molar-refractivity contribution in [1.82, 2.24) is 26.6 Å². The second-order valence-electron chi connectivity index (χ2n) is 34.5. The van der Waals surface area contributed by atoms with Crippen LogP contribution in [0.1, 0.15) is 41.5 Å². The van der Waals surface area contributed by atoms with Crippen LogP contribution in [0.2, 0.25) is 0 Å². The maximum Gasteiger partial charge on any atom is 0.217 e. The lowest BCUT2D eigenvalue weighted by molar-refractivity contribution is -0.406. The van der Waals surface area contributed by atoms with E-state index in [-0.39, 0.29) is 0 Å². The number of aliphatic hydroxyl groups is 29. The fourth-order valence-corrected chi connectivity index (χ4v) is 17.7. The van der Waals surface area contributed by atoms with Gasteiger partial charge in [0.2, 0.25) is 29.5 Å². The predicted molar refractivity (Wildman–Crippen MR) is 419 cm³/mol. The molecule has 11 rings (SSSR count). The molecule has 0 aromatic heterocycles.